The number of halogens is 1. The second kappa shape index (κ2) is 6.29. The molecule has 0 saturated carbocycles. The molecule has 1 aromatic carbocycles. The first-order valence-electron chi connectivity index (χ1n) is 5.60. The highest BCUT2D eigenvalue weighted by Gasteiger charge is 2.10. The Bertz CT molecular complexity index is 510. The van der Waals surface area contributed by atoms with E-state index in [0.29, 0.717) is 12.1 Å². The van der Waals surface area contributed by atoms with Gasteiger partial charge >= 0.3 is 0 Å². The van der Waals surface area contributed by atoms with E-state index in [4.69, 9.17) is 0 Å². The summed E-state index contributed by atoms with van der Waals surface area (Å²) in [5.41, 5.74) is 0.696. The van der Waals surface area contributed by atoms with Crippen LogP contribution in [0.4, 0.5) is 0 Å². The molecule has 0 fully saturated rings. The minimum absolute atomic E-state index is 0.0326. The SMILES string of the molecule is CC(CNC(=O)c1ccc(I)cc1)c1nccs1. The molecule has 94 valence electrons. The van der Waals surface area contributed by atoms with E-state index in [0.717, 1.165) is 8.58 Å². The summed E-state index contributed by atoms with van der Waals surface area (Å²) in [5, 5.41) is 5.94. The maximum Gasteiger partial charge on any atom is 0.251 e. The number of carbonyl (C=O) groups excluding carboxylic acids is 1. The van der Waals surface area contributed by atoms with Crippen LogP contribution in [0.5, 0.6) is 0 Å². The van der Waals surface area contributed by atoms with Gasteiger partial charge in [0.15, 0.2) is 0 Å². The zero-order valence-electron chi connectivity index (χ0n) is 9.89. The molecule has 0 aliphatic carbocycles. The Balaban J connectivity index is 1.90. The lowest BCUT2D eigenvalue weighted by Crippen LogP contribution is -2.27. The molecule has 0 saturated heterocycles. The number of carbonyl (C=O) groups is 1. The molecular weight excluding hydrogens is 359 g/mol. The van der Waals surface area contributed by atoms with E-state index in [1.807, 2.05) is 29.6 Å². The molecule has 1 aromatic heterocycles. The number of thiazole rings is 1. The normalized spacial score (nSPS) is 12.1. The number of hydrogen-bond acceptors (Lipinski definition) is 3. The van der Waals surface area contributed by atoms with Gasteiger partial charge in [0.05, 0.1) is 5.01 Å². The summed E-state index contributed by atoms with van der Waals surface area (Å²) in [6.45, 7) is 2.67. The lowest BCUT2D eigenvalue weighted by Gasteiger charge is -2.10. The molecule has 18 heavy (non-hydrogen) atoms. The predicted octanol–water partition coefficient (Wildman–Crippen LogP) is 3.28. The highest BCUT2D eigenvalue weighted by atomic mass is 127. The van der Waals surface area contributed by atoms with Crippen LogP contribution in [0.1, 0.15) is 28.2 Å². The average Bonchev–Trinajstić information content (AvgIpc) is 2.90. The maximum absolute atomic E-state index is 11.9. The molecule has 1 heterocycles. The van der Waals surface area contributed by atoms with E-state index in [1.54, 1.807) is 17.5 Å². The van der Waals surface area contributed by atoms with Crippen LogP contribution in [-0.4, -0.2) is 17.4 Å². The quantitative estimate of drug-likeness (QED) is 0.837. The topological polar surface area (TPSA) is 42.0 Å². The fourth-order valence-corrected chi connectivity index (χ4v) is 2.57. The van der Waals surface area contributed by atoms with Crippen molar-refractivity contribution in [3.05, 3.63) is 50.0 Å². The summed E-state index contributed by atoms with van der Waals surface area (Å²) < 4.78 is 1.13. The molecule has 0 aliphatic heterocycles. The summed E-state index contributed by atoms with van der Waals surface area (Å²) in [6.07, 6.45) is 1.79. The minimum Gasteiger partial charge on any atom is -0.351 e. The minimum atomic E-state index is -0.0326. The van der Waals surface area contributed by atoms with Gasteiger partial charge in [-0.3, -0.25) is 4.79 Å². The van der Waals surface area contributed by atoms with E-state index in [2.05, 4.69) is 39.8 Å². The Morgan fingerprint density at radius 1 is 1.44 bits per heavy atom. The number of amides is 1. The molecule has 0 bridgehead atoms. The molecule has 0 aliphatic rings. The standard InChI is InChI=1S/C13H13IN2OS/c1-9(13-15-6-7-18-13)8-16-12(17)10-2-4-11(14)5-3-10/h2-7,9H,8H2,1H3,(H,16,17). The Morgan fingerprint density at radius 2 is 2.17 bits per heavy atom. The number of nitrogens with one attached hydrogen (secondary N) is 1. The van der Waals surface area contributed by atoms with E-state index in [-0.39, 0.29) is 11.8 Å². The molecule has 1 amide bonds. The fourth-order valence-electron chi connectivity index (χ4n) is 1.51. The van der Waals surface area contributed by atoms with Crippen molar-refractivity contribution in [1.29, 1.82) is 0 Å². The average molecular weight is 372 g/mol. The van der Waals surface area contributed by atoms with Crippen LogP contribution in [0.3, 0.4) is 0 Å². The number of benzene rings is 1. The van der Waals surface area contributed by atoms with Crippen LogP contribution >= 0.6 is 33.9 Å². The van der Waals surface area contributed by atoms with Gasteiger partial charge in [-0.1, -0.05) is 6.92 Å². The van der Waals surface area contributed by atoms with Crippen molar-refractivity contribution in [2.24, 2.45) is 0 Å². The van der Waals surface area contributed by atoms with Crippen LogP contribution in [0.25, 0.3) is 0 Å². The molecule has 2 aromatic rings. The van der Waals surface area contributed by atoms with Crippen LogP contribution in [0.2, 0.25) is 0 Å². The smallest absolute Gasteiger partial charge is 0.251 e. The van der Waals surface area contributed by atoms with Crippen LogP contribution in [0, 0.1) is 3.57 Å². The van der Waals surface area contributed by atoms with Gasteiger partial charge in [-0.05, 0) is 46.9 Å². The predicted molar refractivity (Wildman–Crippen MR) is 82.0 cm³/mol. The van der Waals surface area contributed by atoms with Crippen molar-refractivity contribution in [3.8, 4) is 0 Å². The third-order valence-corrected chi connectivity index (χ3v) is 4.27. The molecule has 1 atom stereocenters. The van der Waals surface area contributed by atoms with Gasteiger partial charge in [-0.2, -0.15) is 0 Å². The van der Waals surface area contributed by atoms with E-state index in [1.165, 1.54) is 0 Å². The lowest BCUT2D eigenvalue weighted by atomic mass is 10.1. The van der Waals surface area contributed by atoms with Crippen LogP contribution in [0.15, 0.2) is 35.8 Å². The molecule has 5 heteroatoms. The number of aromatic nitrogens is 1. The summed E-state index contributed by atoms with van der Waals surface area (Å²) >= 11 is 3.84. The van der Waals surface area contributed by atoms with Crippen LogP contribution in [-0.2, 0) is 0 Å². The van der Waals surface area contributed by atoms with Gasteiger partial charge in [0.2, 0.25) is 0 Å². The van der Waals surface area contributed by atoms with E-state index in [9.17, 15) is 4.79 Å². The summed E-state index contributed by atoms with van der Waals surface area (Å²) in [6, 6.07) is 7.54. The second-order valence-electron chi connectivity index (χ2n) is 3.99. The Morgan fingerprint density at radius 3 is 2.78 bits per heavy atom. The molecule has 3 nitrogen and oxygen atoms in total. The molecule has 2 rings (SSSR count). The van der Waals surface area contributed by atoms with Gasteiger partial charge in [0.25, 0.3) is 5.91 Å². The van der Waals surface area contributed by atoms with Crippen molar-refractivity contribution in [3.63, 3.8) is 0 Å². The zero-order chi connectivity index (χ0) is 13.0. The lowest BCUT2D eigenvalue weighted by molar-refractivity contribution is 0.0951. The Labute approximate surface area is 124 Å². The summed E-state index contributed by atoms with van der Waals surface area (Å²) in [4.78, 5) is 16.1. The molecule has 0 spiro atoms. The van der Waals surface area contributed by atoms with Gasteiger partial charge in [-0.15, -0.1) is 11.3 Å². The maximum atomic E-state index is 11.9. The highest BCUT2D eigenvalue weighted by molar-refractivity contribution is 14.1. The van der Waals surface area contributed by atoms with Crippen molar-refractivity contribution in [1.82, 2.24) is 10.3 Å². The Hall–Kier alpha value is -0.950. The third-order valence-electron chi connectivity index (χ3n) is 2.55. The molecule has 0 radical (unpaired) electrons. The number of nitrogens with zero attached hydrogens (tertiary/aromatic N) is 1. The van der Waals surface area contributed by atoms with Crippen molar-refractivity contribution in [2.45, 2.75) is 12.8 Å². The van der Waals surface area contributed by atoms with Gasteiger partial charge in [0, 0.05) is 33.2 Å². The number of hydrogen-bond donors (Lipinski definition) is 1. The molecule has 1 N–H and O–H groups in total. The van der Waals surface area contributed by atoms with Gasteiger partial charge in [0.1, 0.15) is 0 Å². The molecule has 1 unspecified atom stereocenters. The largest absolute Gasteiger partial charge is 0.351 e. The Kier molecular flexibility index (Phi) is 4.71. The van der Waals surface area contributed by atoms with Gasteiger partial charge < -0.3 is 5.32 Å². The van der Waals surface area contributed by atoms with E-state index >= 15 is 0 Å². The zero-order valence-corrected chi connectivity index (χ0v) is 12.9. The second-order valence-corrected chi connectivity index (χ2v) is 6.16. The van der Waals surface area contributed by atoms with Gasteiger partial charge in [-0.25, -0.2) is 4.98 Å². The summed E-state index contributed by atoms with van der Waals surface area (Å²) in [7, 11) is 0. The van der Waals surface area contributed by atoms with Crippen LogP contribution < -0.4 is 5.32 Å². The first kappa shape index (κ1) is 13.5. The van der Waals surface area contributed by atoms with Crippen molar-refractivity contribution >= 4 is 39.8 Å². The van der Waals surface area contributed by atoms with E-state index < -0.39 is 0 Å². The first-order chi connectivity index (χ1) is 8.66. The number of rotatable bonds is 4. The monoisotopic (exact) mass is 372 g/mol. The summed E-state index contributed by atoms with van der Waals surface area (Å²) in [5.74, 6) is 0.215. The first-order valence-corrected chi connectivity index (χ1v) is 7.56. The van der Waals surface area contributed by atoms with Crippen molar-refractivity contribution in [2.75, 3.05) is 6.54 Å². The highest BCUT2D eigenvalue weighted by Crippen LogP contribution is 2.16. The third kappa shape index (κ3) is 3.52. The van der Waals surface area contributed by atoms with Crippen molar-refractivity contribution < 1.29 is 4.79 Å². The molecular formula is C13H13IN2OS. The fraction of sp³-hybridized carbons (Fsp3) is 0.231.